The monoisotopic (exact) mass is 358 g/mol. The lowest BCUT2D eigenvalue weighted by atomic mass is 10.2. The summed E-state index contributed by atoms with van der Waals surface area (Å²) in [4.78, 5) is 10.6. The van der Waals surface area contributed by atoms with Gasteiger partial charge in [-0.3, -0.25) is 0 Å². The number of aromatic nitrogens is 2. The fourth-order valence-electron chi connectivity index (χ4n) is 2.27. The van der Waals surface area contributed by atoms with Gasteiger partial charge in [0.1, 0.15) is 5.82 Å². The van der Waals surface area contributed by atoms with Crippen molar-refractivity contribution in [2.45, 2.75) is 26.9 Å². The van der Waals surface area contributed by atoms with Crippen molar-refractivity contribution in [2.75, 3.05) is 23.3 Å². The summed E-state index contributed by atoms with van der Waals surface area (Å²) in [6.07, 6.45) is -4.52. The molecule has 0 aliphatic carbocycles. The van der Waals surface area contributed by atoms with Crippen LogP contribution in [0.4, 0.5) is 30.6 Å². The molecule has 1 aromatic carbocycles. The number of benzene rings is 1. The van der Waals surface area contributed by atoms with Crippen LogP contribution in [0.25, 0.3) is 0 Å². The lowest BCUT2D eigenvalue weighted by Gasteiger charge is -2.20. The van der Waals surface area contributed by atoms with Gasteiger partial charge in [0, 0.05) is 30.5 Å². The molecule has 2 aromatic rings. The standard InChI is InChI=1S/C16H18ClF3N4/c1-4-24(5-2)14-8-10(3)21-15(23-14)22-11-6-7-13(17)12(9-11)16(18,19)20/h6-9H,4-5H2,1-3H3,(H,21,22,23). The van der Waals surface area contributed by atoms with Crippen molar-refractivity contribution >= 4 is 29.1 Å². The minimum atomic E-state index is -4.52. The molecule has 0 saturated heterocycles. The molecule has 0 atom stereocenters. The Bertz CT molecular complexity index is 715. The molecule has 0 aliphatic rings. The first kappa shape index (κ1) is 18.3. The van der Waals surface area contributed by atoms with Crippen molar-refractivity contribution in [1.82, 2.24) is 9.97 Å². The minimum absolute atomic E-state index is 0.225. The number of aryl methyl sites for hydroxylation is 1. The van der Waals surface area contributed by atoms with Crippen LogP contribution in [0.3, 0.4) is 0 Å². The number of nitrogens with one attached hydrogen (secondary N) is 1. The Kier molecular flexibility index (Phi) is 5.54. The lowest BCUT2D eigenvalue weighted by molar-refractivity contribution is -0.137. The van der Waals surface area contributed by atoms with Crippen molar-refractivity contribution in [3.05, 3.63) is 40.5 Å². The number of hydrogen-bond donors (Lipinski definition) is 1. The first-order chi connectivity index (χ1) is 11.2. The van der Waals surface area contributed by atoms with E-state index in [1.54, 1.807) is 0 Å². The number of rotatable bonds is 5. The van der Waals surface area contributed by atoms with E-state index in [4.69, 9.17) is 11.6 Å². The molecule has 1 heterocycles. The summed E-state index contributed by atoms with van der Waals surface area (Å²) in [5.74, 6) is 0.965. The Morgan fingerprint density at radius 1 is 1.12 bits per heavy atom. The Labute approximate surface area is 143 Å². The van der Waals surface area contributed by atoms with Crippen LogP contribution in [0.15, 0.2) is 24.3 Å². The predicted molar refractivity (Wildman–Crippen MR) is 90.1 cm³/mol. The zero-order valence-electron chi connectivity index (χ0n) is 13.6. The topological polar surface area (TPSA) is 41.1 Å². The molecule has 0 fully saturated rings. The van der Waals surface area contributed by atoms with Crippen molar-refractivity contribution in [3.63, 3.8) is 0 Å². The van der Waals surface area contributed by atoms with Crippen molar-refractivity contribution in [3.8, 4) is 0 Å². The van der Waals surface area contributed by atoms with Crippen LogP contribution < -0.4 is 10.2 Å². The Morgan fingerprint density at radius 2 is 1.79 bits per heavy atom. The molecule has 4 nitrogen and oxygen atoms in total. The largest absolute Gasteiger partial charge is 0.417 e. The molecule has 2 rings (SSSR count). The van der Waals surface area contributed by atoms with E-state index in [0.29, 0.717) is 0 Å². The summed E-state index contributed by atoms with van der Waals surface area (Å²) in [5, 5.41) is 2.48. The molecular weight excluding hydrogens is 341 g/mol. The van der Waals surface area contributed by atoms with Gasteiger partial charge in [-0.2, -0.15) is 18.2 Å². The van der Waals surface area contributed by atoms with Gasteiger partial charge in [-0.25, -0.2) is 4.98 Å². The number of halogens is 4. The number of nitrogens with zero attached hydrogens (tertiary/aromatic N) is 3. The van der Waals surface area contributed by atoms with Crippen LogP contribution >= 0.6 is 11.6 Å². The molecule has 1 N–H and O–H groups in total. The molecule has 0 saturated carbocycles. The average Bonchev–Trinajstić information content (AvgIpc) is 2.49. The smallest absolute Gasteiger partial charge is 0.357 e. The fraction of sp³-hybridized carbons (Fsp3) is 0.375. The number of hydrogen-bond acceptors (Lipinski definition) is 4. The summed E-state index contributed by atoms with van der Waals surface area (Å²) in [7, 11) is 0. The molecule has 0 radical (unpaired) electrons. The lowest BCUT2D eigenvalue weighted by Crippen LogP contribution is -2.23. The Balaban J connectivity index is 2.35. The van der Waals surface area contributed by atoms with E-state index in [0.717, 1.165) is 30.7 Å². The van der Waals surface area contributed by atoms with Gasteiger partial charge in [0.25, 0.3) is 0 Å². The predicted octanol–water partition coefficient (Wildman–Crippen LogP) is 5.05. The highest BCUT2D eigenvalue weighted by Crippen LogP contribution is 2.36. The van der Waals surface area contributed by atoms with Gasteiger partial charge in [-0.1, -0.05) is 11.6 Å². The van der Waals surface area contributed by atoms with Crippen LogP contribution in [0, 0.1) is 6.92 Å². The molecule has 0 unspecified atom stereocenters. The van der Waals surface area contributed by atoms with Crippen LogP contribution in [-0.4, -0.2) is 23.1 Å². The Hall–Kier alpha value is -2.02. The van der Waals surface area contributed by atoms with E-state index in [2.05, 4.69) is 15.3 Å². The minimum Gasteiger partial charge on any atom is -0.357 e. The summed E-state index contributed by atoms with van der Waals surface area (Å²) < 4.78 is 38.8. The van der Waals surface area contributed by atoms with Gasteiger partial charge in [0.2, 0.25) is 5.95 Å². The molecule has 0 spiro atoms. The van der Waals surface area contributed by atoms with Gasteiger partial charge < -0.3 is 10.2 Å². The van der Waals surface area contributed by atoms with Gasteiger partial charge in [-0.05, 0) is 39.0 Å². The molecule has 130 valence electrons. The molecule has 0 aliphatic heterocycles. The second kappa shape index (κ2) is 7.25. The first-order valence-corrected chi connectivity index (χ1v) is 7.86. The fourth-order valence-corrected chi connectivity index (χ4v) is 2.49. The van der Waals surface area contributed by atoms with E-state index in [1.807, 2.05) is 31.7 Å². The highest BCUT2D eigenvalue weighted by molar-refractivity contribution is 6.31. The highest BCUT2D eigenvalue weighted by atomic mass is 35.5. The SMILES string of the molecule is CCN(CC)c1cc(C)nc(Nc2ccc(Cl)c(C(F)(F)F)c2)n1. The molecule has 24 heavy (non-hydrogen) atoms. The maximum atomic E-state index is 12.9. The summed E-state index contributed by atoms with van der Waals surface area (Å²) in [6.45, 7) is 7.35. The zero-order valence-corrected chi connectivity index (χ0v) is 14.3. The van der Waals surface area contributed by atoms with Gasteiger partial charge in [-0.15, -0.1) is 0 Å². The molecule has 0 bridgehead atoms. The van der Waals surface area contributed by atoms with E-state index in [9.17, 15) is 13.2 Å². The van der Waals surface area contributed by atoms with Gasteiger partial charge in [0.15, 0.2) is 0 Å². The van der Waals surface area contributed by atoms with Gasteiger partial charge in [0.05, 0.1) is 10.6 Å². The molecule has 0 amide bonds. The number of anilines is 3. The maximum Gasteiger partial charge on any atom is 0.417 e. The second-order valence-corrected chi connectivity index (χ2v) is 5.59. The normalized spacial score (nSPS) is 11.5. The van der Waals surface area contributed by atoms with E-state index < -0.39 is 11.7 Å². The number of alkyl halides is 3. The third kappa shape index (κ3) is 4.29. The summed E-state index contributed by atoms with van der Waals surface area (Å²) >= 11 is 5.63. The average molecular weight is 359 g/mol. The van der Waals surface area contributed by atoms with Crippen LogP contribution in [-0.2, 0) is 6.18 Å². The van der Waals surface area contributed by atoms with Crippen LogP contribution in [0.1, 0.15) is 25.1 Å². The third-order valence-corrected chi connectivity index (χ3v) is 3.79. The zero-order chi connectivity index (χ0) is 17.9. The van der Waals surface area contributed by atoms with E-state index in [-0.39, 0.29) is 16.7 Å². The van der Waals surface area contributed by atoms with Crippen LogP contribution in [0.5, 0.6) is 0 Å². The Morgan fingerprint density at radius 3 is 2.38 bits per heavy atom. The van der Waals surface area contributed by atoms with Crippen molar-refractivity contribution < 1.29 is 13.2 Å². The maximum absolute atomic E-state index is 12.9. The quantitative estimate of drug-likeness (QED) is 0.812. The summed E-state index contributed by atoms with van der Waals surface area (Å²) in [5.41, 5.74) is 0.0491. The van der Waals surface area contributed by atoms with E-state index >= 15 is 0 Å². The third-order valence-electron chi connectivity index (χ3n) is 3.46. The van der Waals surface area contributed by atoms with Gasteiger partial charge >= 0.3 is 6.18 Å². The second-order valence-electron chi connectivity index (χ2n) is 5.18. The molecule has 8 heteroatoms. The first-order valence-electron chi connectivity index (χ1n) is 7.49. The van der Waals surface area contributed by atoms with Crippen molar-refractivity contribution in [1.29, 1.82) is 0 Å². The van der Waals surface area contributed by atoms with Crippen molar-refractivity contribution in [2.24, 2.45) is 0 Å². The van der Waals surface area contributed by atoms with E-state index in [1.165, 1.54) is 12.1 Å². The molecule has 1 aromatic heterocycles. The summed E-state index contributed by atoms with van der Waals surface area (Å²) in [6, 6.07) is 5.44. The highest BCUT2D eigenvalue weighted by Gasteiger charge is 2.33. The molecular formula is C16H18ClF3N4. The van der Waals surface area contributed by atoms with Crippen LogP contribution in [0.2, 0.25) is 5.02 Å².